The van der Waals surface area contributed by atoms with Gasteiger partial charge in [-0.2, -0.15) is 5.10 Å². The molecule has 122 valence electrons. The Morgan fingerprint density at radius 3 is 2.74 bits per heavy atom. The van der Waals surface area contributed by atoms with Crippen LogP contribution in [-0.4, -0.2) is 35.9 Å². The Bertz CT molecular complexity index is 717. The minimum absolute atomic E-state index is 0.0428. The van der Waals surface area contributed by atoms with Gasteiger partial charge in [0, 0.05) is 19.9 Å². The van der Waals surface area contributed by atoms with Gasteiger partial charge >= 0.3 is 0 Å². The number of allylic oxidation sites excluding steroid dienone is 1. The molecule has 1 heterocycles. The fraction of sp³-hybridized carbons (Fsp3) is 0.333. The lowest BCUT2D eigenvalue weighted by Gasteiger charge is -2.05. The van der Waals surface area contributed by atoms with Crippen LogP contribution in [0.3, 0.4) is 0 Å². The second-order valence-corrected chi connectivity index (χ2v) is 5.28. The van der Waals surface area contributed by atoms with E-state index >= 15 is 0 Å². The second-order valence-electron chi connectivity index (χ2n) is 5.28. The predicted molar refractivity (Wildman–Crippen MR) is 89.9 cm³/mol. The first-order valence-corrected chi connectivity index (χ1v) is 7.47. The first-order chi connectivity index (χ1) is 11.0. The molecule has 23 heavy (non-hydrogen) atoms. The smallest absolute Gasteiger partial charge is 0.189 e. The highest BCUT2D eigenvalue weighted by Crippen LogP contribution is 2.17. The summed E-state index contributed by atoms with van der Waals surface area (Å²) < 4.78 is 12.2. The number of carbonyl (C=O) groups is 1. The SMILES string of the molecule is COCCOc1cccc(/C=C\C(=O)c2c(C)nn(C)c2C)c1. The summed E-state index contributed by atoms with van der Waals surface area (Å²) in [4.78, 5) is 12.4. The van der Waals surface area contributed by atoms with Crippen molar-refractivity contribution in [2.45, 2.75) is 13.8 Å². The van der Waals surface area contributed by atoms with Gasteiger partial charge in [-0.1, -0.05) is 18.2 Å². The highest BCUT2D eigenvalue weighted by atomic mass is 16.5. The average molecular weight is 314 g/mol. The molecule has 0 aliphatic heterocycles. The van der Waals surface area contributed by atoms with Gasteiger partial charge in [0.15, 0.2) is 5.78 Å². The Labute approximate surface area is 136 Å². The molecule has 0 aliphatic rings. The normalized spacial score (nSPS) is 11.1. The largest absolute Gasteiger partial charge is 0.491 e. The number of rotatable bonds is 7. The Balaban J connectivity index is 2.10. The number of nitrogens with zero attached hydrogens (tertiary/aromatic N) is 2. The lowest BCUT2D eigenvalue weighted by Crippen LogP contribution is -2.04. The van der Waals surface area contributed by atoms with E-state index in [0.29, 0.717) is 18.8 Å². The average Bonchev–Trinajstić information content (AvgIpc) is 2.78. The number of methoxy groups -OCH3 is 1. The van der Waals surface area contributed by atoms with Crippen molar-refractivity contribution in [2.75, 3.05) is 20.3 Å². The van der Waals surface area contributed by atoms with Crippen molar-refractivity contribution >= 4 is 11.9 Å². The van der Waals surface area contributed by atoms with Crippen molar-refractivity contribution in [1.29, 1.82) is 0 Å². The first kappa shape index (κ1) is 17.0. The minimum Gasteiger partial charge on any atom is -0.491 e. The molecule has 1 aromatic carbocycles. The van der Waals surface area contributed by atoms with Gasteiger partial charge in [0.1, 0.15) is 12.4 Å². The number of aromatic nitrogens is 2. The molecular weight excluding hydrogens is 292 g/mol. The van der Waals surface area contributed by atoms with E-state index in [1.807, 2.05) is 45.2 Å². The van der Waals surface area contributed by atoms with E-state index in [4.69, 9.17) is 9.47 Å². The van der Waals surface area contributed by atoms with Crippen molar-refractivity contribution < 1.29 is 14.3 Å². The number of ether oxygens (including phenoxy) is 2. The lowest BCUT2D eigenvalue weighted by molar-refractivity contribution is 0.104. The van der Waals surface area contributed by atoms with Crippen LogP contribution < -0.4 is 4.74 Å². The molecule has 5 heteroatoms. The Kier molecular flexibility index (Phi) is 5.71. The summed E-state index contributed by atoms with van der Waals surface area (Å²) in [6.07, 6.45) is 3.36. The highest BCUT2D eigenvalue weighted by molar-refractivity contribution is 6.08. The van der Waals surface area contributed by atoms with Crippen molar-refractivity contribution in [3.8, 4) is 5.75 Å². The summed E-state index contributed by atoms with van der Waals surface area (Å²) in [5.41, 5.74) is 3.19. The van der Waals surface area contributed by atoms with Crippen molar-refractivity contribution in [1.82, 2.24) is 9.78 Å². The Morgan fingerprint density at radius 2 is 2.09 bits per heavy atom. The van der Waals surface area contributed by atoms with Crippen LogP contribution in [0, 0.1) is 13.8 Å². The van der Waals surface area contributed by atoms with Gasteiger partial charge in [0.25, 0.3) is 0 Å². The zero-order valence-electron chi connectivity index (χ0n) is 14.0. The molecule has 2 aromatic rings. The quantitative estimate of drug-likeness (QED) is 0.448. The Morgan fingerprint density at radius 1 is 1.30 bits per heavy atom. The van der Waals surface area contributed by atoms with E-state index < -0.39 is 0 Å². The molecule has 0 amide bonds. The number of aryl methyl sites for hydroxylation is 2. The maximum Gasteiger partial charge on any atom is 0.189 e. The summed E-state index contributed by atoms with van der Waals surface area (Å²) in [6.45, 7) is 4.78. The molecule has 0 N–H and O–H groups in total. The molecule has 0 atom stereocenters. The summed E-state index contributed by atoms with van der Waals surface area (Å²) in [5.74, 6) is 0.712. The van der Waals surface area contributed by atoms with Crippen LogP contribution in [0.5, 0.6) is 5.75 Å². The van der Waals surface area contributed by atoms with E-state index in [1.54, 1.807) is 23.9 Å². The van der Waals surface area contributed by atoms with Gasteiger partial charge in [-0.25, -0.2) is 0 Å². The number of hydrogen-bond acceptors (Lipinski definition) is 4. The van der Waals surface area contributed by atoms with E-state index in [-0.39, 0.29) is 5.78 Å². The molecule has 5 nitrogen and oxygen atoms in total. The predicted octanol–water partition coefficient (Wildman–Crippen LogP) is 2.96. The zero-order chi connectivity index (χ0) is 16.8. The minimum atomic E-state index is -0.0428. The summed E-state index contributed by atoms with van der Waals surface area (Å²) in [5, 5.41) is 4.27. The summed E-state index contributed by atoms with van der Waals surface area (Å²) in [6, 6.07) is 7.59. The van der Waals surface area contributed by atoms with Crippen LogP contribution in [0.1, 0.15) is 27.3 Å². The van der Waals surface area contributed by atoms with Gasteiger partial charge in [-0.15, -0.1) is 0 Å². The lowest BCUT2D eigenvalue weighted by atomic mass is 10.1. The standard InChI is InChI=1S/C18H22N2O3/c1-13-18(14(2)20(3)19-13)17(21)9-8-15-6-5-7-16(12-15)23-11-10-22-4/h5-9,12H,10-11H2,1-4H3/b9-8-. The maximum atomic E-state index is 12.4. The number of ketones is 1. The Hall–Kier alpha value is -2.40. The number of benzene rings is 1. The molecule has 0 spiro atoms. The molecule has 0 aliphatic carbocycles. The van der Waals surface area contributed by atoms with Gasteiger partial charge in [-0.05, 0) is 37.6 Å². The third-order valence-electron chi connectivity index (χ3n) is 3.60. The monoisotopic (exact) mass is 314 g/mol. The van der Waals surface area contributed by atoms with Crippen LogP contribution in [-0.2, 0) is 11.8 Å². The molecule has 0 saturated carbocycles. The molecule has 0 fully saturated rings. The van der Waals surface area contributed by atoms with Crippen LogP contribution >= 0.6 is 0 Å². The molecule has 1 aromatic heterocycles. The van der Waals surface area contributed by atoms with Crippen molar-refractivity contribution in [3.63, 3.8) is 0 Å². The fourth-order valence-electron chi connectivity index (χ4n) is 2.34. The van der Waals surface area contributed by atoms with Crippen molar-refractivity contribution in [3.05, 3.63) is 52.9 Å². The molecule has 0 radical (unpaired) electrons. The third-order valence-corrected chi connectivity index (χ3v) is 3.60. The fourth-order valence-corrected chi connectivity index (χ4v) is 2.34. The molecule has 0 bridgehead atoms. The second kappa shape index (κ2) is 7.74. The van der Waals surface area contributed by atoms with E-state index in [2.05, 4.69) is 5.10 Å². The maximum absolute atomic E-state index is 12.4. The van der Waals surface area contributed by atoms with Crippen LogP contribution in [0.2, 0.25) is 0 Å². The first-order valence-electron chi connectivity index (χ1n) is 7.47. The molecule has 0 saturated heterocycles. The van der Waals surface area contributed by atoms with Crippen molar-refractivity contribution in [2.24, 2.45) is 7.05 Å². The van der Waals surface area contributed by atoms with Crippen LogP contribution in [0.4, 0.5) is 0 Å². The van der Waals surface area contributed by atoms with Gasteiger partial charge in [-0.3, -0.25) is 9.48 Å². The van der Waals surface area contributed by atoms with Crippen LogP contribution in [0.15, 0.2) is 30.3 Å². The van der Waals surface area contributed by atoms with Crippen LogP contribution in [0.25, 0.3) is 6.08 Å². The third kappa shape index (κ3) is 4.29. The van der Waals surface area contributed by atoms with Gasteiger partial charge in [0.05, 0.1) is 17.9 Å². The topological polar surface area (TPSA) is 53.4 Å². The highest BCUT2D eigenvalue weighted by Gasteiger charge is 2.14. The molecular formula is C18H22N2O3. The van der Waals surface area contributed by atoms with Gasteiger partial charge < -0.3 is 9.47 Å². The summed E-state index contributed by atoms with van der Waals surface area (Å²) >= 11 is 0. The number of carbonyl (C=O) groups excluding carboxylic acids is 1. The molecule has 0 unspecified atom stereocenters. The summed E-state index contributed by atoms with van der Waals surface area (Å²) in [7, 11) is 3.47. The van der Waals surface area contributed by atoms with E-state index in [9.17, 15) is 4.79 Å². The number of hydrogen-bond donors (Lipinski definition) is 0. The zero-order valence-corrected chi connectivity index (χ0v) is 14.0. The molecule has 2 rings (SSSR count). The van der Waals surface area contributed by atoms with Gasteiger partial charge in [0.2, 0.25) is 0 Å². The van der Waals surface area contributed by atoms with E-state index in [0.717, 1.165) is 22.7 Å². The van der Waals surface area contributed by atoms with E-state index in [1.165, 1.54) is 0 Å².